The van der Waals surface area contributed by atoms with Crippen LogP contribution < -0.4 is 5.73 Å². The van der Waals surface area contributed by atoms with Crippen LogP contribution in [0.25, 0.3) is 0 Å². The highest BCUT2D eigenvalue weighted by molar-refractivity contribution is 5.78. The fourth-order valence-corrected chi connectivity index (χ4v) is 3.81. The van der Waals surface area contributed by atoms with Gasteiger partial charge in [-0.05, 0) is 39.8 Å². The van der Waals surface area contributed by atoms with Crippen molar-refractivity contribution in [1.29, 1.82) is 0 Å². The van der Waals surface area contributed by atoms with Crippen LogP contribution in [0, 0.1) is 5.41 Å². The van der Waals surface area contributed by atoms with Gasteiger partial charge in [-0.2, -0.15) is 0 Å². The summed E-state index contributed by atoms with van der Waals surface area (Å²) in [5, 5.41) is 0. The van der Waals surface area contributed by atoms with E-state index in [0.717, 1.165) is 32.1 Å². The zero-order valence-corrected chi connectivity index (χ0v) is 13.4. The second kappa shape index (κ2) is 7.30. The summed E-state index contributed by atoms with van der Waals surface area (Å²) < 4.78 is 0. The van der Waals surface area contributed by atoms with Gasteiger partial charge in [-0.15, -0.1) is 0 Å². The van der Waals surface area contributed by atoms with Gasteiger partial charge in [0.05, 0.1) is 0 Å². The smallest absolute Gasteiger partial charge is 0.191 e. The van der Waals surface area contributed by atoms with Crippen LogP contribution in [-0.2, 0) is 0 Å². The average molecular weight is 280 g/mol. The van der Waals surface area contributed by atoms with Crippen molar-refractivity contribution in [2.45, 2.75) is 51.4 Å². The van der Waals surface area contributed by atoms with Crippen LogP contribution in [-0.4, -0.2) is 56.0 Å². The fraction of sp³-hybridized carbons (Fsp3) is 0.938. The molecule has 0 atom stereocenters. The van der Waals surface area contributed by atoms with E-state index in [1.165, 1.54) is 51.4 Å². The van der Waals surface area contributed by atoms with Gasteiger partial charge in [0.2, 0.25) is 0 Å². The number of rotatable bonds is 4. The highest BCUT2D eigenvalue weighted by Crippen LogP contribution is 2.38. The Morgan fingerprint density at radius 2 is 1.65 bits per heavy atom. The lowest BCUT2D eigenvalue weighted by molar-refractivity contribution is 0.209. The molecule has 0 aromatic carbocycles. The van der Waals surface area contributed by atoms with Gasteiger partial charge in [-0.25, -0.2) is 0 Å². The van der Waals surface area contributed by atoms with E-state index in [-0.39, 0.29) is 0 Å². The first-order valence-corrected chi connectivity index (χ1v) is 8.31. The van der Waals surface area contributed by atoms with Gasteiger partial charge >= 0.3 is 0 Å². The lowest BCUT2D eigenvalue weighted by atomic mass is 9.86. The Labute approximate surface area is 124 Å². The molecule has 4 nitrogen and oxygen atoms in total. The molecular formula is C16H32N4. The molecule has 2 N–H and O–H groups in total. The molecular weight excluding hydrogens is 248 g/mol. The minimum Gasteiger partial charge on any atom is -0.370 e. The molecule has 2 rings (SSSR count). The van der Waals surface area contributed by atoms with Crippen LogP contribution in [0.15, 0.2) is 4.99 Å². The Morgan fingerprint density at radius 3 is 2.20 bits per heavy atom. The minimum atomic E-state index is 0.375. The zero-order chi connectivity index (χ0) is 14.4. The summed E-state index contributed by atoms with van der Waals surface area (Å²) in [7, 11) is 4.34. The van der Waals surface area contributed by atoms with Crippen molar-refractivity contribution in [3.63, 3.8) is 0 Å². The highest BCUT2D eigenvalue weighted by atomic mass is 15.2. The van der Waals surface area contributed by atoms with Gasteiger partial charge in [-0.3, -0.25) is 4.99 Å². The van der Waals surface area contributed by atoms with Gasteiger partial charge in [0.15, 0.2) is 5.96 Å². The maximum Gasteiger partial charge on any atom is 0.191 e. The third-order valence-electron chi connectivity index (χ3n) is 4.82. The van der Waals surface area contributed by atoms with Crippen LogP contribution >= 0.6 is 0 Å². The van der Waals surface area contributed by atoms with E-state index in [9.17, 15) is 0 Å². The van der Waals surface area contributed by atoms with Gasteiger partial charge in [0, 0.05) is 31.6 Å². The Kier molecular flexibility index (Phi) is 5.70. The molecule has 1 aliphatic heterocycles. The molecule has 2 fully saturated rings. The third kappa shape index (κ3) is 4.37. The number of hydrogen-bond donors (Lipinski definition) is 1. The van der Waals surface area contributed by atoms with Crippen LogP contribution in [0.5, 0.6) is 0 Å². The average Bonchev–Trinajstić information content (AvgIpc) is 2.69. The fourth-order valence-electron chi connectivity index (χ4n) is 3.81. The summed E-state index contributed by atoms with van der Waals surface area (Å²) >= 11 is 0. The van der Waals surface area contributed by atoms with Crippen molar-refractivity contribution in [3.8, 4) is 0 Å². The van der Waals surface area contributed by atoms with Crippen molar-refractivity contribution in [1.82, 2.24) is 9.80 Å². The molecule has 1 aliphatic carbocycles. The van der Waals surface area contributed by atoms with Gasteiger partial charge in [0.1, 0.15) is 0 Å². The van der Waals surface area contributed by atoms with Crippen LogP contribution in [0.3, 0.4) is 0 Å². The summed E-state index contributed by atoms with van der Waals surface area (Å²) in [5.41, 5.74) is 6.62. The van der Waals surface area contributed by atoms with E-state index in [4.69, 9.17) is 10.7 Å². The quantitative estimate of drug-likeness (QED) is 0.635. The van der Waals surface area contributed by atoms with Crippen LogP contribution in [0.2, 0.25) is 0 Å². The molecule has 0 bridgehead atoms. The van der Waals surface area contributed by atoms with Crippen LogP contribution in [0.1, 0.15) is 51.4 Å². The molecule has 20 heavy (non-hydrogen) atoms. The van der Waals surface area contributed by atoms with E-state index < -0.39 is 0 Å². The lowest BCUT2D eigenvalue weighted by Gasteiger charge is -2.31. The molecule has 0 radical (unpaired) electrons. The zero-order valence-electron chi connectivity index (χ0n) is 13.4. The molecule has 0 aromatic rings. The molecule has 0 aromatic heterocycles. The van der Waals surface area contributed by atoms with E-state index in [0.29, 0.717) is 5.41 Å². The molecule has 1 saturated carbocycles. The molecule has 0 unspecified atom stereocenters. The van der Waals surface area contributed by atoms with E-state index in [2.05, 4.69) is 23.9 Å². The van der Waals surface area contributed by atoms with Crippen molar-refractivity contribution >= 4 is 5.96 Å². The number of likely N-dealkylation sites (tertiary alicyclic amines) is 1. The first-order chi connectivity index (χ1) is 9.61. The van der Waals surface area contributed by atoms with Crippen molar-refractivity contribution in [3.05, 3.63) is 0 Å². The topological polar surface area (TPSA) is 44.9 Å². The molecule has 1 saturated heterocycles. The predicted octanol–water partition coefficient (Wildman–Crippen LogP) is 2.30. The highest BCUT2D eigenvalue weighted by Gasteiger charge is 2.34. The molecule has 1 heterocycles. The summed E-state index contributed by atoms with van der Waals surface area (Å²) in [4.78, 5) is 9.40. The SMILES string of the molecule is CN(C)CC1(CN=C(N)N2CCCCCC2)CCCC1. The maximum absolute atomic E-state index is 6.25. The number of nitrogens with two attached hydrogens (primary N) is 1. The Morgan fingerprint density at radius 1 is 1.05 bits per heavy atom. The molecule has 2 aliphatic rings. The second-order valence-electron chi connectivity index (χ2n) is 7.02. The monoisotopic (exact) mass is 280 g/mol. The normalized spacial score (nSPS) is 24.1. The first-order valence-electron chi connectivity index (χ1n) is 8.31. The minimum absolute atomic E-state index is 0.375. The molecule has 0 spiro atoms. The van der Waals surface area contributed by atoms with Gasteiger partial charge in [0.25, 0.3) is 0 Å². The third-order valence-corrected chi connectivity index (χ3v) is 4.82. The largest absolute Gasteiger partial charge is 0.370 e. The summed E-state index contributed by atoms with van der Waals surface area (Å²) in [6.07, 6.45) is 10.5. The standard InChI is InChI=1S/C16H32N4/c1-19(2)14-16(9-5-6-10-16)13-18-15(17)20-11-7-3-4-8-12-20/h3-14H2,1-2H3,(H2,17,18). The van der Waals surface area contributed by atoms with Gasteiger partial charge < -0.3 is 15.5 Å². The second-order valence-corrected chi connectivity index (χ2v) is 7.02. The van der Waals surface area contributed by atoms with E-state index >= 15 is 0 Å². The van der Waals surface area contributed by atoms with Crippen molar-refractivity contribution < 1.29 is 0 Å². The Bertz CT molecular complexity index is 310. The lowest BCUT2D eigenvalue weighted by Crippen LogP contribution is -2.40. The maximum atomic E-state index is 6.25. The number of hydrogen-bond acceptors (Lipinski definition) is 2. The van der Waals surface area contributed by atoms with Gasteiger partial charge in [-0.1, -0.05) is 25.7 Å². The Balaban J connectivity index is 1.94. The van der Waals surface area contributed by atoms with E-state index in [1.807, 2.05) is 0 Å². The number of guanidine groups is 1. The van der Waals surface area contributed by atoms with Crippen LogP contribution in [0.4, 0.5) is 0 Å². The molecule has 0 amide bonds. The first kappa shape index (κ1) is 15.6. The Hall–Kier alpha value is -0.770. The predicted molar refractivity (Wildman–Crippen MR) is 86.0 cm³/mol. The van der Waals surface area contributed by atoms with Crippen molar-refractivity contribution in [2.75, 3.05) is 40.3 Å². The summed E-state index contributed by atoms with van der Waals surface area (Å²) in [6, 6.07) is 0. The van der Waals surface area contributed by atoms with E-state index in [1.54, 1.807) is 0 Å². The number of aliphatic imine (C=N–C) groups is 1. The van der Waals surface area contributed by atoms with Crippen molar-refractivity contribution in [2.24, 2.45) is 16.1 Å². The molecule has 4 heteroatoms. The summed E-state index contributed by atoms with van der Waals surface area (Å²) in [5.74, 6) is 0.789. The number of nitrogens with zero attached hydrogens (tertiary/aromatic N) is 3. The summed E-state index contributed by atoms with van der Waals surface area (Å²) in [6.45, 7) is 4.24. The molecule has 116 valence electrons.